The highest BCUT2D eigenvalue weighted by Crippen LogP contribution is 2.30. The summed E-state index contributed by atoms with van der Waals surface area (Å²) >= 11 is 0. The number of hydrogen-bond acceptors (Lipinski definition) is 10. The highest BCUT2D eigenvalue weighted by molar-refractivity contribution is 5.65. The molecular weight excluding hydrogens is 368 g/mol. The zero-order valence-electron chi connectivity index (χ0n) is 13.9. The average Bonchev–Trinajstić information content (AvgIpc) is 3.06. The molecule has 0 fully saturated rings. The first-order chi connectivity index (χ1) is 12.8. The molecule has 0 atom stereocenters. The lowest BCUT2D eigenvalue weighted by Gasteiger charge is -2.06. The molecule has 0 aromatic carbocycles. The van der Waals surface area contributed by atoms with Crippen LogP contribution in [0, 0.1) is 0 Å². The molecule has 0 amide bonds. The molecular formula is C15H18N2O10. The third kappa shape index (κ3) is 6.26. The van der Waals surface area contributed by atoms with Crippen LogP contribution in [-0.2, 0) is 9.47 Å². The number of aromatic hydroxyl groups is 4. The van der Waals surface area contributed by atoms with Gasteiger partial charge in [0.15, 0.2) is 23.3 Å². The fourth-order valence-electron chi connectivity index (χ4n) is 1.91. The van der Waals surface area contributed by atoms with Crippen LogP contribution in [-0.4, -0.2) is 55.9 Å². The normalized spacial score (nSPS) is 10.4. The fourth-order valence-corrected chi connectivity index (χ4v) is 1.91. The van der Waals surface area contributed by atoms with E-state index in [9.17, 15) is 19.8 Å². The van der Waals surface area contributed by atoms with Crippen LogP contribution in [0.3, 0.4) is 0 Å². The molecule has 0 aliphatic rings. The number of unbranched alkanes of at least 4 members (excludes halogenated alkanes) is 2. The molecule has 0 radical (unpaired) electrons. The fraction of sp³-hybridized carbons (Fsp3) is 0.333. The lowest BCUT2D eigenvalue weighted by atomic mass is 10.2. The first-order valence-corrected chi connectivity index (χ1v) is 7.76. The molecule has 2 aromatic heterocycles. The summed E-state index contributed by atoms with van der Waals surface area (Å²) in [6.45, 7) is 0.0773. The number of carbonyl (C=O) groups excluding carboxylic acids is 2. The molecule has 0 aliphatic heterocycles. The van der Waals surface area contributed by atoms with Gasteiger partial charge in [-0.05, 0) is 19.3 Å². The van der Waals surface area contributed by atoms with Crippen LogP contribution in [0.25, 0.3) is 0 Å². The van der Waals surface area contributed by atoms with Gasteiger partial charge in [0, 0.05) is 12.1 Å². The van der Waals surface area contributed by atoms with E-state index in [4.69, 9.17) is 19.7 Å². The Hall–Kier alpha value is -3.70. The van der Waals surface area contributed by atoms with Crippen LogP contribution in [0.4, 0.5) is 9.59 Å². The smallest absolute Gasteiger partial charge is 0.494 e. The number of rotatable bonds is 8. The molecule has 27 heavy (non-hydrogen) atoms. The maximum absolute atomic E-state index is 11.4. The molecule has 0 aliphatic carbocycles. The first-order valence-electron chi connectivity index (χ1n) is 7.76. The van der Waals surface area contributed by atoms with Crippen molar-refractivity contribution >= 4 is 12.3 Å². The summed E-state index contributed by atoms with van der Waals surface area (Å²) < 4.78 is 18.9. The van der Waals surface area contributed by atoms with Gasteiger partial charge in [-0.3, -0.25) is 9.97 Å². The predicted molar refractivity (Wildman–Crippen MR) is 86.0 cm³/mol. The molecule has 0 spiro atoms. The summed E-state index contributed by atoms with van der Waals surface area (Å²) in [6.07, 6.45) is -0.598. The molecule has 12 heteroatoms. The highest BCUT2D eigenvalue weighted by Gasteiger charge is 2.14. The zero-order valence-corrected chi connectivity index (χ0v) is 13.9. The lowest BCUT2D eigenvalue weighted by Crippen LogP contribution is -2.12. The van der Waals surface area contributed by atoms with Crippen LogP contribution >= 0.6 is 0 Å². The van der Waals surface area contributed by atoms with Crippen LogP contribution in [0.15, 0.2) is 12.1 Å². The monoisotopic (exact) mass is 386 g/mol. The van der Waals surface area contributed by atoms with Crippen LogP contribution in [0.5, 0.6) is 35.0 Å². The maximum Gasteiger partial charge on any atom is 0.514 e. The maximum atomic E-state index is 11.4. The summed E-state index contributed by atoms with van der Waals surface area (Å²) in [5, 5.41) is 36.7. The Labute approximate surface area is 151 Å². The topological polar surface area (TPSA) is 184 Å². The van der Waals surface area contributed by atoms with Crippen molar-refractivity contribution in [3.8, 4) is 35.0 Å². The molecule has 2 rings (SSSR count). The molecule has 6 N–H and O–H groups in total. The van der Waals surface area contributed by atoms with Gasteiger partial charge in [0.05, 0.1) is 13.2 Å². The Balaban J connectivity index is 1.52. The third-order valence-electron chi connectivity index (χ3n) is 3.11. The quantitative estimate of drug-likeness (QED) is 0.290. The number of aromatic nitrogens is 2. The van der Waals surface area contributed by atoms with Gasteiger partial charge in [-0.15, -0.1) is 0 Å². The Morgan fingerprint density at radius 2 is 1.15 bits per heavy atom. The molecule has 0 bridgehead atoms. The standard InChI is InChI=1S/C15H18N2O10/c18-10-6-8(12(20)16-10)26-14(22)24-4-2-1-3-5-25-15(23)27-9-7-11(19)17-13(9)21/h6-7,16-21H,1-5H2. The minimum absolute atomic E-state index is 0.0386. The number of nitrogens with one attached hydrogen (secondary N) is 2. The highest BCUT2D eigenvalue weighted by atomic mass is 16.7. The van der Waals surface area contributed by atoms with Gasteiger partial charge in [0.2, 0.25) is 11.8 Å². The van der Waals surface area contributed by atoms with E-state index in [1.54, 1.807) is 0 Å². The summed E-state index contributed by atoms with van der Waals surface area (Å²) in [5.74, 6) is -2.25. The molecule has 2 aromatic rings. The molecule has 2 heterocycles. The van der Waals surface area contributed by atoms with E-state index in [1.807, 2.05) is 0 Å². The summed E-state index contributed by atoms with van der Waals surface area (Å²) in [7, 11) is 0. The lowest BCUT2D eigenvalue weighted by molar-refractivity contribution is 0.0906. The minimum atomic E-state index is -1.04. The van der Waals surface area contributed by atoms with Crippen LogP contribution < -0.4 is 9.47 Å². The molecule has 148 valence electrons. The van der Waals surface area contributed by atoms with Crippen LogP contribution in [0.1, 0.15) is 19.3 Å². The van der Waals surface area contributed by atoms with Gasteiger partial charge in [0.1, 0.15) is 0 Å². The summed E-state index contributed by atoms with van der Waals surface area (Å²) in [5.41, 5.74) is 0. The Kier molecular flexibility index (Phi) is 6.63. The van der Waals surface area contributed by atoms with Crippen molar-refractivity contribution < 1.29 is 49.0 Å². The van der Waals surface area contributed by atoms with Gasteiger partial charge in [-0.1, -0.05) is 0 Å². The van der Waals surface area contributed by atoms with Crippen molar-refractivity contribution in [2.45, 2.75) is 19.3 Å². The van der Waals surface area contributed by atoms with E-state index in [2.05, 4.69) is 19.4 Å². The molecule has 0 unspecified atom stereocenters. The number of carbonyl (C=O) groups is 2. The third-order valence-corrected chi connectivity index (χ3v) is 3.11. The van der Waals surface area contributed by atoms with Crippen molar-refractivity contribution in [1.82, 2.24) is 9.97 Å². The summed E-state index contributed by atoms with van der Waals surface area (Å²) in [4.78, 5) is 27.0. The zero-order chi connectivity index (χ0) is 19.8. The van der Waals surface area contributed by atoms with Crippen LogP contribution in [0.2, 0.25) is 0 Å². The number of H-pyrrole nitrogens is 2. The Morgan fingerprint density at radius 1 is 0.741 bits per heavy atom. The predicted octanol–water partition coefficient (Wildman–Crippen LogP) is 2.07. The average molecular weight is 386 g/mol. The van der Waals surface area contributed by atoms with E-state index >= 15 is 0 Å². The Morgan fingerprint density at radius 3 is 1.48 bits per heavy atom. The van der Waals surface area contributed by atoms with E-state index in [0.717, 1.165) is 12.1 Å². The molecule has 0 saturated heterocycles. The van der Waals surface area contributed by atoms with Crippen molar-refractivity contribution in [3.63, 3.8) is 0 Å². The number of hydrogen-bond donors (Lipinski definition) is 6. The van der Waals surface area contributed by atoms with Gasteiger partial charge >= 0.3 is 12.3 Å². The molecule has 0 saturated carbocycles. The van der Waals surface area contributed by atoms with E-state index < -0.39 is 24.1 Å². The first kappa shape index (κ1) is 19.6. The van der Waals surface area contributed by atoms with Crippen molar-refractivity contribution in [2.75, 3.05) is 13.2 Å². The van der Waals surface area contributed by atoms with E-state index in [-0.39, 0.29) is 36.5 Å². The van der Waals surface area contributed by atoms with Crippen molar-refractivity contribution in [1.29, 1.82) is 0 Å². The Bertz CT molecular complexity index is 717. The summed E-state index contributed by atoms with van der Waals surface area (Å²) in [6, 6.07) is 2.03. The minimum Gasteiger partial charge on any atom is -0.494 e. The van der Waals surface area contributed by atoms with E-state index in [1.165, 1.54) is 0 Å². The second-order valence-corrected chi connectivity index (χ2v) is 5.20. The van der Waals surface area contributed by atoms with Gasteiger partial charge in [-0.2, -0.15) is 0 Å². The SMILES string of the molecule is O=C(OCCCCCOC(=O)Oc1cc(O)[nH]c1O)Oc1cc(O)[nH]c1O. The van der Waals surface area contributed by atoms with Gasteiger partial charge < -0.3 is 39.4 Å². The largest absolute Gasteiger partial charge is 0.514 e. The van der Waals surface area contributed by atoms with Gasteiger partial charge in [-0.25, -0.2) is 9.59 Å². The van der Waals surface area contributed by atoms with E-state index in [0.29, 0.717) is 19.3 Å². The van der Waals surface area contributed by atoms with Crippen molar-refractivity contribution in [3.05, 3.63) is 12.1 Å². The number of aromatic amines is 2. The second kappa shape index (κ2) is 9.12. The van der Waals surface area contributed by atoms with Gasteiger partial charge in [0.25, 0.3) is 0 Å². The van der Waals surface area contributed by atoms with Crippen molar-refractivity contribution in [2.24, 2.45) is 0 Å². The molecule has 12 nitrogen and oxygen atoms in total. The second-order valence-electron chi connectivity index (χ2n) is 5.20. The number of ether oxygens (including phenoxy) is 4.